The molecule has 0 saturated carbocycles. The van der Waals surface area contributed by atoms with Crippen molar-refractivity contribution in [1.29, 1.82) is 0 Å². The Morgan fingerprint density at radius 1 is 1.00 bits per heavy atom. The first-order valence-corrected chi connectivity index (χ1v) is 5.79. The molecule has 0 heterocycles. The number of hydrogen-bond donors (Lipinski definition) is 1. The van der Waals surface area contributed by atoms with Gasteiger partial charge >= 0.3 is 0 Å². The highest BCUT2D eigenvalue weighted by Gasteiger charge is 2.32. The van der Waals surface area contributed by atoms with Crippen LogP contribution in [0.1, 0.15) is 33.3 Å². The summed E-state index contributed by atoms with van der Waals surface area (Å²) in [5.74, 6) is 0.996. The van der Waals surface area contributed by atoms with E-state index in [4.69, 9.17) is 5.73 Å². The maximum absolute atomic E-state index is 6.52. The van der Waals surface area contributed by atoms with Gasteiger partial charge in [-0.25, -0.2) is 0 Å². The third-order valence-electron chi connectivity index (χ3n) is 3.50. The highest BCUT2D eigenvalue weighted by Crippen LogP contribution is 2.27. The van der Waals surface area contributed by atoms with E-state index in [2.05, 4.69) is 52.0 Å². The molecular formula is C14H23N. The molecule has 0 aliphatic rings. The molecule has 0 aliphatic heterocycles. The molecule has 1 nitrogen and oxygen atoms in total. The second kappa shape index (κ2) is 4.80. The van der Waals surface area contributed by atoms with Crippen LogP contribution in [0.25, 0.3) is 0 Å². The molecule has 1 aromatic rings. The van der Waals surface area contributed by atoms with Crippen LogP contribution in [0, 0.1) is 11.8 Å². The summed E-state index contributed by atoms with van der Waals surface area (Å²) in [4.78, 5) is 0. The number of nitrogens with two attached hydrogens (primary N) is 1. The zero-order valence-electron chi connectivity index (χ0n) is 10.3. The van der Waals surface area contributed by atoms with Gasteiger partial charge in [-0.05, 0) is 23.8 Å². The molecule has 0 aliphatic carbocycles. The Morgan fingerprint density at radius 2 is 1.47 bits per heavy atom. The molecule has 1 aromatic carbocycles. The molecule has 1 heteroatoms. The molecule has 0 fully saturated rings. The van der Waals surface area contributed by atoms with Crippen molar-refractivity contribution >= 4 is 0 Å². The maximum atomic E-state index is 6.52. The fourth-order valence-electron chi connectivity index (χ4n) is 2.02. The second-order valence-electron chi connectivity index (χ2n) is 5.08. The van der Waals surface area contributed by atoms with E-state index in [1.165, 1.54) is 5.56 Å². The maximum Gasteiger partial charge on any atom is 0.0241 e. The normalized spacial score (nSPS) is 12.5. The SMILES string of the molecule is CC(C)C(N)(Cc1ccccc1)C(C)C. The first kappa shape index (κ1) is 12.3. The molecule has 0 spiro atoms. The van der Waals surface area contributed by atoms with Crippen LogP contribution in [-0.2, 0) is 6.42 Å². The molecule has 1 rings (SSSR count). The number of rotatable bonds is 4. The van der Waals surface area contributed by atoms with Crippen molar-refractivity contribution in [2.24, 2.45) is 17.6 Å². The molecule has 0 amide bonds. The van der Waals surface area contributed by atoms with Gasteiger partial charge < -0.3 is 5.73 Å². The minimum atomic E-state index is -0.0959. The van der Waals surface area contributed by atoms with Gasteiger partial charge in [0.25, 0.3) is 0 Å². The van der Waals surface area contributed by atoms with Crippen LogP contribution in [0.4, 0.5) is 0 Å². The van der Waals surface area contributed by atoms with E-state index in [1.807, 2.05) is 6.07 Å². The molecule has 15 heavy (non-hydrogen) atoms. The molecule has 0 atom stereocenters. The summed E-state index contributed by atoms with van der Waals surface area (Å²) in [6.07, 6.45) is 0.961. The zero-order valence-corrected chi connectivity index (χ0v) is 10.3. The topological polar surface area (TPSA) is 26.0 Å². The van der Waals surface area contributed by atoms with Crippen molar-refractivity contribution in [3.05, 3.63) is 35.9 Å². The molecular weight excluding hydrogens is 182 g/mol. The molecule has 0 radical (unpaired) electrons. The number of benzene rings is 1. The van der Waals surface area contributed by atoms with Crippen LogP contribution in [0.5, 0.6) is 0 Å². The van der Waals surface area contributed by atoms with E-state index in [1.54, 1.807) is 0 Å². The molecule has 0 unspecified atom stereocenters. The summed E-state index contributed by atoms with van der Waals surface area (Å²) in [6.45, 7) is 8.85. The average molecular weight is 205 g/mol. The van der Waals surface area contributed by atoms with Crippen LogP contribution in [-0.4, -0.2) is 5.54 Å². The monoisotopic (exact) mass is 205 g/mol. The third-order valence-corrected chi connectivity index (χ3v) is 3.50. The second-order valence-corrected chi connectivity index (χ2v) is 5.08. The van der Waals surface area contributed by atoms with E-state index >= 15 is 0 Å². The minimum Gasteiger partial charge on any atom is -0.324 e. The lowest BCUT2D eigenvalue weighted by Crippen LogP contribution is -2.51. The van der Waals surface area contributed by atoms with Gasteiger partial charge in [0.2, 0.25) is 0 Å². The van der Waals surface area contributed by atoms with Gasteiger partial charge in [-0.2, -0.15) is 0 Å². The van der Waals surface area contributed by atoms with E-state index in [0.29, 0.717) is 11.8 Å². The molecule has 0 aromatic heterocycles. The molecule has 0 bridgehead atoms. The van der Waals surface area contributed by atoms with E-state index in [9.17, 15) is 0 Å². The van der Waals surface area contributed by atoms with Crippen LogP contribution in [0.2, 0.25) is 0 Å². The predicted octanol–water partition coefficient (Wildman–Crippen LogP) is 3.24. The highest BCUT2D eigenvalue weighted by atomic mass is 14.8. The summed E-state index contributed by atoms with van der Waals surface area (Å²) in [5.41, 5.74) is 7.76. The van der Waals surface area contributed by atoms with Crippen LogP contribution in [0.3, 0.4) is 0 Å². The standard InChI is InChI=1S/C14H23N/c1-11(2)14(15,12(3)4)10-13-8-6-5-7-9-13/h5-9,11-12H,10,15H2,1-4H3. The first-order chi connectivity index (χ1) is 6.97. The summed E-state index contributed by atoms with van der Waals surface area (Å²) >= 11 is 0. The van der Waals surface area contributed by atoms with Gasteiger partial charge in [0, 0.05) is 5.54 Å². The summed E-state index contributed by atoms with van der Waals surface area (Å²) in [7, 11) is 0. The Balaban J connectivity index is 2.85. The Bertz CT molecular complexity index is 279. The summed E-state index contributed by atoms with van der Waals surface area (Å²) < 4.78 is 0. The summed E-state index contributed by atoms with van der Waals surface area (Å²) in [5, 5.41) is 0. The zero-order chi connectivity index (χ0) is 11.5. The van der Waals surface area contributed by atoms with E-state index < -0.39 is 0 Å². The van der Waals surface area contributed by atoms with Crippen LogP contribution >= 0.6 is 0 Å². The van der Waals surface area contributed by atoms with Crippen molar-refractivity contribution in [3.63, 3.8) is 0 Å². The van der Waals surface area contributed by atoms with E-state index in [0.717, 1.165) is 6.42 Å². The van der Waals surface area contributed by atoms with Gasteiger partial charge in [0.15, 0.2) is 0 Å². The molecule has 2 N–H and O–H groups in total. The molecule has 0 saturated heterocycles. The van der Waals surface area contributed by atoms with Crippen molar-refractivity contribution in [1.82, 2.24) is 0 Å². The van der Waals surface area contributed by atoms with Crippen molar-refractivity contribution in [2.75, 3.05) is 0 Å². The fraction of sp³-hybridized carbons (Fsp3) is 0.571. The number of hydrogen-bond acceptors (Lipinski definition) is 1. The van der Waals surface area contributed by atoms with Crippen molar-refractivity contribution < 1.29 is 0 Å². The highest BCUT2D eigenvalue weighted by molar-refractivity contribution is 5.18. The van der Waals surface area contributed by atoms with Crippen molar-refractivity contribution in [3.8, 4) is 0 Å². The Kier molecular flexibility index (Phi) is 3.92. The van der Waals surface area contributed by atoms with Gasteiger partial charge in [-0.1, -0.05) is 58.0 Å². The Morgan fingerprint density at radius 3 is 1.87 bits per heavy atom. The van der Waals surface area contributed by atoms with Gasteiger partial charge in [0.1, 0.15) is 0 Å². The molecule has 84 valence electrons. The van der Waals surface area contributed by atoms with Gasteiger partial charge in [-0.3, -0.25) is 0 Å². The fourth-order valence-corrected chi connectivity index (χ4v) is 2.02. The first-order valence-electron chi connectivity index (χ1n) is 5.79. The lowest BCUT2D eigenvalue weighted by molar-refractivity contribution is 0.222. The van der Waals surface area contributed by atoms with Crippen molar-refractivity contribution in [2.45, 2.75) is 39.7 Å². The van der Waals surface area contributed by atoms with E-state index in [-0.39, 0.29) is 5.54 Å². The summed E-state index contributed by atoms with van der Waals surface area (Å²) in [6, 6.07) is 10.5. The smallest absolute Gasteiger partial charge is 0.0241 e. The Labute approximate surface area is 93.7 Å². The lowest BCUT2D eigenvalue weighted by atomic mass is 9.74. The third kappa shape index (κ3) is 2.82. The van der Waals surface area contributed by atoms with Crippen LogP contribution in [0.15, 0.2) is 30.3 Å². The largest absolute Gasteiger partial charge is 0.324 e. The quantitative estimate of drug-likeness (QED) is 0.802. The lowest BCUT2D eigenvalue weighted by Gasteiger charge is -2.38. The van der Waals surface area contributed by atoms with Crippen LogP contribution < -0.4 is 5.73 Å². The predicted molar refractivity (Wildman–Crippen MR) is 66.7 cm³/mol. The average Bonchev–Trinajstić information content (AvgIpc) is 2.18. The van der Waals surface area contributed by atoms with Gasteiger partial charge in [-0.15, -0.1) is 0 Å². The Hall–Kier alpha value is -0.820. The van der Waals surface area contributed by atoms with Gasteiger partial charge in [0.05, 0.1) is 0 Å². The minimum absolute atomic E-state index is 0.0959.